The number of fused-ring (bicyclic) bond motifs is 1. The van der Waals surface area contributed by atoms with Crippen LogP contribution in [0, 0.1) is 13.8 Å². The predicted molar refractivity (Wildman–Crippen MR) is 141 cm³/mol. The number of thioether (sulfide) groups is 1. The number of carbonyl (C=O) groups is 2. The minimum Gasteiger partial charge on any atom is -0.317 e. The van der Waals surface area contributed by atoms with Gasteiger partial charge in [-0.3, -0.25) is 14.5 Å². The highest BCUT2D eigenvalue weighted by atomic mass is 35.5. The maximum atomic E-state index is 13.1. The molecule has 170 valence electrons. The van der Waals surface area contributed by atoms with Crippen LogP contribution < -0.4 is 0 Å². The van der Waals surface area contributed by atoms with Gasteiger partial charge in [0.2, 0.25) is 0 Å². The van der Waals surface area contributed by atoms with Crippen LogP contribution in [0.5, 0.6) is 0 Å². The molecule has 0 radical (unpaired) electrons. The number of aromatic nitrogens is 1. The van der Waals surface area contributed by atoms with Gasteiger partial charge in [-0.15, -0.1) is 0 Å². The van der Waals surface area contributed by atoms with Gasteiger partial charge in [0.05, 0.1) is 17.1 Å². The minimum absolute atomic E-state index is 0.104. The summed E-state index contributed by atoms with van der Waals surface area (Å²) in [6.45, 7) is 4.17. The van der Waals surface area contributed by atoms with E-state index in [1.165, 1.54) is 4.90 Å². The molecule has 0 N–H and O–H groups in total. The molecule has 0 atom stereocenters. The molecule has 1 aromatic heterocycles. The molecule has 4 aromatic rings. The summed E-state index contributed by atoms with van der Waals surface area (Å²) < 4.78 is 2.19. The van der Waals surface area contributed by atoms with E-state index in [9.17, 15) is 9.59 Å². The highest BCUT2D eigenvalue weighted by molar-refractivity contribution is 8.18. The maximum absolute atomic E-state index is 13.1. The number of carbonyl (C=O) groups excluding carboxylic acids is 2. The Labute approximate surface area is 211 Å². The molecule has 0 saturated carbocycles. The number of aryl methyl sites for hydroxylation is 1. The highest BCUT2D eigenvalue weighted by Crippen LogP contribution is 2.36. The van der Waals surface area contributed by atoms with Gasteiger partial charge in [0.1, 0.15) is 0 Å². The van der Waals surface area contributed by atoms with Crippen LogP contribution in [0.25, 0.3) is 22.5 Å². The minimum atomic E-state index is -0.323. The van der Waals surface area contributed by atoms with Crippen molar-refractivity contribution in [3.05, 3.63) is 104 Å². The smallest absolute Gasteiger partial charge is 0.293 e. The van der Waals surface area contributed by atoms with E-state index in [4.69, 9.17) is 23.2 Å². The summed E-state index contributed by atoms with van der Waals surface area (Å²) in [6.07, 6.45) is 1.80. The number of hydrogen-bond acceptors (Lipinski definition) is 3. The molecule has 34 heavy (non-hydrogen) atoms. The molecule has 0 unspecified atom stereocenters. The number of nitrogens with zero attached hydrogens (tertiary/aromatic N) is 2. The molecule has 0 bridgehead atoms. The fourth-order valence-electron chi connectivity index (χ4n) is 4.31. The molecule has 3 aromatic carbocycles. The lowest BCUT2D eigenvalue weighted by atomic mass is 10.1. The van der Waals surface area contributed by atoms with Gasteiger partial charge in [0.15, 0.2) is 0 Å². The molecule has 0 aliphatic carbocycles. The van der Waals surface area contributed by atoms with E-state index in [0.29, 0.717) is 20.5 Å². The van der Waals surface area contributed by atoms with Crippen LogP contribution in [-0.2, 0) is 11.3 Å². The first-order chi connectivity index (χ1) is 16.3. The van der Waals surface area contributed by atoms with Crippen molar-refractivity contribution in [3.63, 3.8) is 0 Å². The zero-order chi connectivity index (χ0) is 24.0. The third-order valence-electron chi connectivity index (χ3n) is 5.98. The summed E-state index contributed by atoms with van der Waals surface area (Å²) in [5.41, 5.74) is 4.70. The van der Waals surface area contributed by atoms with Crippen LogP contribution in [0.15, 0.2) is 71.6 Å². The lowest BCUT2D eigenvalue weighted by Gasteiger charge is -2.14. The van der Waals surface area contributed by atoms with Crippen molar-refractivity contribution in [3.8, 4) is 5.69 Å². The molecule has 5 rings (SSSR count). The summed E-state index contributed by atoms with van der Waals surface area (Å²) in [5, 5.41) is 2.93. The standard InChI is InChI=1S/C27H20Cl2N2O2S/c1-16-12-20(17(2)31(16)24-9-5-7-18-6-3-4-8-22(18)24)13-25-26(32)30(27(33)34-25)15-19-10-11-21(28)14-23(19)29/h3-14H,15H2,1-2H3/b25-13-. The molecule has 2 amide bonds. The average Bonchev–Trinajstić information content (AvgIpc) is 3.24. The van der Waals surface area contributed by atoms with E-state index < -0.39 is 0 Å². The molecular formula is C27H20Cl2N2O2S. The summed E-state index contributed by atoms with van der Waals surface area (Å²) in [7, 11) is 0. The van der Waals surface area contributed by atoms with Gasteiger partial charge in [-0.1, -0.05) is 65.7 Å². The van der Waals surface area contributed by atoms with Crippen LogP contribution in [0.4, 0.5) is 4.79 Å². The lowest BCUT2D eigenvalue weighted by Crippen LogP contribution is -2.27. The van der Waals surface area contributed by atoms with Crippen LogP contribution >= 0.6 is 35.0 Å². The summed E-state index contributed by atoms with van der Waals surface area (Å²) >= 11 is 13.2. The quantitative estimate of drug-likeness (QED) is 0.265. The van der Waals surface area contributed by atoms with Crippen molar-refractivity contribution in [2.75, 3.05) is 0 Å². The van der Waals surface area contributed by atoms with E-state index in [2.05, 4.69) is 28.8 Å². The molecule has 4 nitrogen and oxygen atoms in total. The number of benzene rings is 3. The van der Waals surface area contributed by atoms with E-state index in [0.717, 1.165) is 45.2 Å². The second-order valence-corrected chi connectivity index (χ2v) is 10.0. The number of halogens is 2. The Morgan fingerprint density at radius 2 is 1.71 bits per heavy atom. The van der Waals surface area contributed by atoms with Crippen molar-refractivity contribution in [2.45, 2.75) is 20.4 Å². The van der Waals surface area contributed by atoms with Gasteiger partial charge in [0, 0.05) is 26.8 Å². The Balaban J connectivity index is 1.49. The van der Waals surface area contributed by atoms with Gasteiger partial charge in [-0.2, -0.15) is 0 Å². The Hall–Kier alpha value is -2.99. The molecular weight excluding hydrogens is 487 g/mol. The molecule has 7 heteroatoms. The highest BCUT2D eigenvalue weighted by Gasteiger charge is 2.35. The van der Waals surface area contributed by atoms with Gasteiger partial charge < -0.3 is 4.57 Å². The maximum Gasteiger partial charge on any atom is 0.293 e. The Morgan fingerprint density at radius 1 is 0.941 bits per heavy atom. The molecule has 1 aliphatic heterocycles. The summed E-state index contributed by atoms with van der Waals surface area (Å²) in [4.78, 5) is 27.4. The molecule has 0 spiro atoms. The van der Waals surface area contributed by atoms with Crippen LogP contribution in [0.3, 0.4) is 0 Å². The third-order valence-corrected chi connectivity index (χ3v) is 7.48. The number of amides is 2. The number of hydrogen-bond donors (Lipinski definition) is 0. The van der Waals surface area contributed by atoms with Crippen LogP contribution in [0.1, 0.15) is 22.5 Å². The van der Waals surface area contributed by atoms with Crippen molar-refractivity contribution in [2.24, 2.45) is 0 Å². The fourth-order valence-corrected chi connectivity index (χ4v) is 5.60. The van der Waals surface area contributed by atoms with Crippen LogP contribution in [-0.4, -0.2) is 20.6 Å². The van der Waals surface area contributed by atoms with Gasteiger partial charge >= 0.3 is 0 Å². The van der Waals surface area contributed by atoms with Crippen molar-refractivity contribution in [1.29, 1.82) is 0 Å². The Kier molecular flexibility index (Phi) is 6.02. The Morgan fingerprint density at radius 3 is 2.50 bits per heavy atom. The van der Waals surface area contributed by atoms with Gasteiger partial charge in [0.25, 0.3) is 11.1 Å². The predicted octanol–water partition coefficient (Wildman–Crippen LogP) is 7.79. The zero-order valence-electron chi connectivity index (χ0n) is 18.5. The normalized spacial score (nSPS) is 15.2. The third kappa shape index (κ3) is 4.05. The van der Waals surface area contributed by atoms with Crippen molar-refractivity contribution in [1.82, 2.24) is 9.47 Å². The van der Waals surface area contributed by atoms with E-state index in [1.54, 1.807) is 24.3 Å². The molecule has 1 fully saturated rings. The number of imide groups is 1. The Bertz CT molecular complexity index is 1500. The van der Waals surface area contributed by atoms with E-state index in [1.807, 2.05) is 38.1 Å². The van der Waals surface area contributed by atoms with E-state index >= 15 is 0 Å². The fraction of sp³-hybridized carbons (Fsp3) is 0.111. The largest absolute Gasteiger partial charge is 0.317 e. The number of rotatable bonds is 4. The lowest BCUT2D eigenvalue weighted by molar-refractivity contribution is -0.123. The second-order valence-electron chi connectivity index (χ2n) is 8.16. The SMILES string of the molecule is Cc1cc(/C=C2\SC(=O)N(Cc3ccc(Cl)cc3Cl)C2=O)c(C)n1-c1cccc2ccccc12. The second kappa shape index (κ2) is 8.99. The monoisotopic (exact) mass is 506 g/mol. The van der Waals surface area contributed by atoms with E-state index in [-0.39, 0.29) is 17.7 Å². The van der Waals surface area contributed by atoms with Crippen LogP contribution in [0.2, 0.25) is 10.0 Å². The molecule has 2 heterocycles. The topological polar surface area (TPSA) is 42.3 Å². The van der Waals surface area contributed by atoms with Crippen molar-refractivity contribution < 1.29 is 9.59 Å². The summed E-state index contributed by atoms with van der Waals surface area (Å²) in [6, 6.07) is 21.6. The average molecular weight is 507 g/mol. The van der Waals surface area contributed by atoms with Gasteiger partial charge in [-0.05, 0) is 72.5 Å². The first kappa shape index (κ1) is 22.8. The first-order valence-corrected chi connectivity index (χ1v) is 12.3. The molecule has 1 saturated heterocycles. The van der Waals surface area contributed by atoms with Gasteiger partial charge in [-0.25, -0.2) is 0 Å². The zero-order valence-corrected chi connectivity index (χ0v) is 20.8. The van der Waals surface area contributed by atoms with Crippen molar-refractivity contribution >= 4 is 63.0 Å². The molecule has 1 aliphatic rings. The summed E-state index contributed by atoms with van der Waals surface area (Å²) in [5.74, 6) is -0.323. The first-order valence-electron chi connectivity index (χ1n) is 10.7.